The number of hydrogen-bond donors (Lipinski definition) is 3. The van der Waals surface area contributed by atoms with Crippen LogP contribution in [0.4, 0.5) is 4.39 Å². The predicted molar refractivity (Wildman–Crippen MR) is 107 cm³/mol. The van der Waals surface area contributed by atoms with E-state index in [1.165, 1.54) is 18.3 Å². The van der Waals surface area contributed by atoms with Gasteiger partial charge in [-0.25, -0.2) is 9.37 Å². The van der Waals surface area contributed by atoms with Gasteiger partial charge >= 0.3 is 0 Å². The van der Waals surface area contributed by atoms with Gasteiger partial charge in [-0.1, -0.05) is 11.6 Å². The maximum atomic E-state index is 13.3. The Hall–Kier alpha value is -2.78. The second-order valence-electron chi connectivity index (χ2n) is 6.97. The average molecular weight is 437 g/mol. The average Bonchev–Trinajstić information content (AvgIpc) is 3.58. The molecule has 2 amide bonds. The zero-order valence-electron chi connectivity index (χ0n) is 16.1. The Balaban J connectivity index is 1.30. The second kappa shape index (κ2) is 10.3. The normalized spacial score (nSPS) is 14.1. The molecule has 160 valence electrons. The molecular formula is C20H22ClFN4O4. The first kappa shape index (κ1) is 21.9. The number of carbonyl (C=O) groups is 2. The van der Waals surface area contributed by atoms with Gasteiger partial charge in [0.15, 0.2) is 6.61 Å². The van der Waals surface area contributed by atoms with Gasteiger partial charge in [0, 0.05) is 31.3 Å². The lowest BCUT2D eigenvalue weighted by molar-refractivity contribution is -0.123. The SMILES string of the molecule is O=C(COc1ccc(Cl)c(F)c1)NC[C@@H](O)CCNC(=O)c1cnc(C2CC2)cn1. The van der Waals surface area contributed by atoms with Crippen molar-refractivity contribution < 1.29 is 23.8 Å². The fraction of sp³-hybridized carbons (Fsp3) is 0.400. The lowest BCUT2D eigenvalue weighted by atomic mass is 10.2. The van der Waals surface area contributed by atoms with Crippen LogP contribution in [-0.2, 0) is 4.79 Å². The molecule has 1 saturated carbocycles. The Morgan fingerprint density at radius 1 is 1.27 bits per heavy atom. The summed E-state index contributed by atoms with van der Waals surface area (Å²) in [5.74, 6) is -0.845. The van der Waals surface area contributed by atoms with Gasteiger partial charge in [-0.3, -0.25) is 14.6 Å². The van der Waals surface area contributed by atoms with Gasteiger partial charge in [-0.05, 0) is 31.4 Å². The van der Waals surface area contributed by atoms with Gasteiger partial charge in [0.25, 0.3) is 11.8 Å². The molecule has 0 saturated heterocycles. The van der Waals surface area contributed by atoms with Crippen LogP contribution in [0.25, 0.3) is 0 Å². The number of nitrogens with zero attached hydrogens (tertiary/aromatic N) is 2. The Kier molecular flexibility index (Phi) is 7.53. The van der Waals surface area contributed by atoms with Gasteiger partial charge < -0.3 is 20.5 Å². The number of halogens is 2. The summed E-state index contributed by atoms with van der Waals surface area (Å²) in [4.78, 5) is 32.2. The maximum Gasteiger partial charge on any atom is 0.271 e. The summed E-state index contributed by atoms with van der Waals surface area (Å²) in [6.07, 6.45) is 4.68. The summed E-state index contributed by atoms with van der Waals surface area (Å²) in [5.41, 5.74) is 1.13. The number of ether oxygens (including phenoxy) is 1. The van der Waals surface area contributed by atoms with Crippen molar-refractivity contribution in [1.82, 2.24) is 20.6 Å². The third-order valence-corrected chi connectivity index (χ3v) is 4.77. The van der Waals surface area contributed by atoms with Crippen LogP contribution in [-0.4, -0.2) is 52.7 Å². The summed E-state index contributed by atoms with van der Waals surface area (Å²) < 4.78 is 18.5. The van der Waals surface area contributed by atoms with Gasteiger partial charge in [0.1, 0.15) is 17.3 Å². The number of carbonyl (C=O) groups excluding carboxylic acids is 2. The van der Waals surface area contributed by atoms with Crippen LogP contribution in [0.1, 0.15) is 41.4 Å². The smallest absolute Gasteiger partial charge is 0.271 e. The molecule has 1 heterocycles. The van der Waals surface area contributed by atoms with Crippen molar-refractivity contribution in [1.29, 1.82) is 0 Å². The minimum absolute atomic E-state index is 0.0110. The maximum absolute atomic E-state index is 13.3. The molecule has 1 aliphatic carbocycles. The zero-order chi connectivity index (χ0) is 21.5. The van der Waals surface area contributed by atoms with Crippen molar-refractivity contribution in [2.75, 3.05) is 19.7 Å². The molecule has 1 aromatic heterocycles. The van der Waals surface area contributed by atoms with E-state index >= 15 is 0 Å². The van der Waals surface area contributed by atoms with E-state index in [2.05, 4.69) is 20.6 Å². The molecule has 1 aromatic carbocycles. The number of hydrogen-bond acceptors (Lipinski definition) is 6. The highest BCUT2D eigenvalue weighted by molar-refractivity contribution is 6.30. The fourth-order valence-corrected chi connectivity index (χ4v) is 2.71. The van der Waals surface area contributed by atoms with E-state index in [0.29, 0.717) is 5.92 Å². The van der Waals surface area contributed by atoms with Crippen molar-refractivity contribution >= 4 is 23.4 Å². The van der Waals surface area contributed by atoms with Crippen molar-refractivity contribution in [2.24, 2.45) is 0 Å². The lowest BCUT2D eigenvalue weighted by Gasteiger charge is -2.13. The van der Waals surface area contributed by atoms with E-state index in [4.69, 9.17) is 16.3 Å². The first-order valence-electron chi connectivity index (χ1n) is 9.55. The fourth-order valence-electron chi connectivity index (χ4n) is 2.59. The number of rotatable bonds is 10. The summed E-state index contributed by atoms with van der Waals surface area (Å²) >= 11 is 5.57. The highest BCUT2D eigenvalue weighted by Gasteiger charge is 2.25. The summed E-state index contributed by atoms with van der Waals surface area (Å²) in [5, 5.41) is 15.1. The molecule has 0 bridgehead atoms. The third-order valence-electron chi connectivity index (χ3n) is 4.46. The molecule has 30 heavy (non-hydrogen) atoms. The Labute approximate surface area is 177 Å². The van der Waals surface area contributed by atoms with Gasteiger partial charge in [-0.15, -0.1) is 0 Å². The molecule has 0 spiro atoms. The zero-order valence-corrected chi connectivity index (χ0v) is 16.9. The number of nitrogens with one attached hydrogen (secondary N) is 2. The van der Waals surface area contributed by atoms with Gasteiger partial charge in [-0.2, -0.15) is 0 Å². The molecule has 1 fully saturated rings. The molecule has 2 aromatic rings. The first-order chi connectivity index (χ1) is 14.4. The van der Waals surface area contributed by atoms with E-state index < -0.39 is 17.8 Å². The molecular weight excluding hydrogens is 415 g/mol. The Bertz CT molecular complexity index is 893. The van der Waals surface area contributed by atoms with Crippen molar-refractivity contribution in [3.63, 3.8) is 0 Å². The standard InChI is InChI=1S/C20H22ClFN4O4/c21-15-4-3-14(7-16(15)22)30-11-19(28)26-8-13(27)5-6-23-20(29)18-10-24-17(9-25-18)12-1-2-12/h3-4,7,9-10,12-13,27H,1-2,5-6,8,11H2,(H,23,29)(H,26,28)/t13-/m0/s1. The van der Waals surface area contributed by atoms with Gasteiger partial charge in [0.05, 0.1) is 23.0 Å². The lowest BCUT2D eigenvalue weighted by Crippen LogP contribution is -2.37. The highest BCUT2D eigenvalue weighted by Crippen LogP contribution is 2.38. The molecule has 0 radical (unpaired) electrons. The molecule has 3 N–H and O–H groups in total. The minimum Gasteiger partial charge on any atom is -0.484 e. The summed E-state index contributed by atoms with van der Waals surface area (Å²) in [6, 6.07) is 3.85. The van der Waals surface area contributed by atoms with Crippen LogP contribution in [0, 0.1) is 5.82 Å². The van der Waals surface area contributed by atoms with Gasteiger partial charge in [0.2, 0.25) is 0 Å². The number of aromatic nitrogens is 2. The molecule has 0 unspecified atom stereocenters. The molecule has 10 heteroatoms. The molecule has 1 aliphatic rings. The molecule has 8 nitrogen and oxygen atoms in total. The molecule has 3 rings (SSSR count). The highest BCUT2D eigenvalue weighted by atomic mass is 35.5. The van der Waals surface area contributed by atoms with E-state index in [9.17, 15) is 19.1 Å². The van der Waals surface area contributed by atoms with Crippen molar-refractivity contribution in [3.05, 3.63) is 52.8 Å². The summed E-state index contributed by atoms with van der Waals surface area (Å²) in [6.45, 7) is -0.133. The van der Waals surface area contributed by atoms with Crippen LogP contribution in [0.3, 0.4) is 0 Å². The van der Waals surface area contributed by atoms with Crippen molar-refractivity contribution in [2.45, 2.75) is 31.3 Å². The number of benzene rings is 1. The minimum atomic E-state index is -0.856. The van der Waals surface area contributed by atoms with Crippen LogP contribution in [0.15, 0.2) is 30.6 Å². The Morgan fingerprint density at radius 2 is 2.07 bits per heavy atom. The largest absolute Gasteiger partial charge is 0.484 e. The number of aliphatic hydroxyl groups excluding tert-OH is 1. The van der Waals surface area contributed by atoms with Crippen LogP contribution < -0.4 is 15.4 Å². The number of aliphatic hydroxyl groups is 1. The third kappa shape index (κ3) is 6.64. The Morgan fingerprint density at radius 3 is 2.73 bits per heavy atom. The van der Waals surface area contributed by atoms with E-state index in [1.807, 2.05) is 0 Å². The van der Waals surface area contributed by atoms with Crippen LogP contribution in [0.5, 0.6) is 5.75 Å². The van der Waals surface area contributed by atoms with Crippen LogP contribution >= 0.6 is 11.6 Å². The first-order valence-corrected chi connectivity index (χ1v) is 9.93. The van der Waals surface area contributed by atoms with E-state index in [1.54, 1.807) is 6.20 Å². The molecule has 0 aliphatic heterocycles. The van der Waals surface area contributed by atoms with Crippen molar-refractivity contribution in [3.8, 4) is 5.75 Å². The van der Waals surface area contributed by atoms with E-state index in [-0.39, 0.29) is 48.5 Å². The quantitative estimate of drug-likeness (QED) is 0.523. The predicted octanol–water partition coefficient (Wildman–Crippen LogP) is 1.82. The summed E-state index contributed by atoms with van der Waals surface area (Å²) in [7, 11) is 0. The molecule has 1 atom stereocenters. The topological polar surface area (TPSA) is 113 Å². The second-order valence-corrected chi connectivity index (χ2v) is 7.38. The monoisotopic (exact) mass is 436 g/mol. The van der Waals surface area contributed by atoms with E-state index in [0.717, 1.165) is 24.6 Å². The number of amides is 2. The van der Waals surface area contributed by atoms with Crippen LogP contribution in [0.2, 0.25) is 5.02 Å².